The highest BCUT2D eigenvalue weighted by atomic mass is 32.1. The second-order valence-electron chi connectivity index (χ2n) is 7.73. The standard InChI is InChI=1S/C20H29NOS/c1-8-20(9-2)12-15-13(3)10-11-14(4)16(15)17(22)18(20)23-21-19(5,6)7/h10-11H,8-9,12H2,1-7H3. The van der Waals surface area contributed by atoms with Crippen molar-refractivity contribution in [2.45, 2.75) is 73.3 Å². The van der Waals surface area contributed by atoms with E-state index in [1.807, 2.05) is 6.92 Å². The van der Waals surface area contributed by atoms with E-state index in [2.05, 4.69) is 53.7 Å². The number of nitrogens with zero attached hydrogens (tertiary/aromatic N) is 1. The lowest BCUT2D eigenvalue weighted by molar-refractivity contribution is 0.104. The molecule has 3 heteroatoms. The van der Waals surface area contributed by atoms with Gasteiger partial charge in [0.2, 0.25) is 5.78 Å². The molecule has 0 saturated heterocycles. The lowest BCUT2D eigenvalue weighted by Crippen LogP contribution is -2.43. The third-order valence-corrected chi connectivity index (χ3v) is 6.39. The van der Waals surface area contributed by atoms with Gasteiger partial charge in [0.1, 0.15) is 0 Å². The van der Waals surface area contributed by atoms with E-state index in [0.717, 1.165) is 35.3 Å². The quantitative estimate of drug-likeness (QED) is 0.694. The number of fused-ring (bicyclic) bond motifs is 1. The van der Waals surface area contributed by atoms with Gasteiger partial charge in [0.25, 0.3) is 0 Å². The molecule has 0 N–H and O–H groups in total. The van der Waals surface area contributed by atoms with Crippen molar-refractivity contribution in [1.82, 2.24) is 0 Å². The van der Waals surface area contributed by atoms with Crippen LogP contribution in [0.15, 0.2) is 16.5 Å². The van der Waals surface area contributed by atoms with Gasteiger partial charge in [0.05, 0.1) is 10.4 Å². The summed E-state index contributed by atoms with van der Waals surface area (Å²) in [4.78, 5) is 14.3. The molecule has 1 aromatic carbocycles. The summed E-state index contributed by atoms with van der Waals surface area (Å²) >= 11 is 1.44. The van der Waals surface area contributed by atoms with E-state index in [1.54, 1.807) is 0 Å². The molecule has 0 radical (unpaired) electrons. The summed E-state index contributed by atoms with van der Waals surface area (Å²) in [7, 11) is 0. The highest BCUT2D eigenvalue weighted by Crippen LogP contribution is 2.40. The van der Waals surface area contributed by atoms with Crippen LogP contribution in [0.4, 0.5) is 0 Å². The average molecular weight is 332 g/mol. The summed E-state index contributed by atoms with van der Waals surface area (Å²) in [6.07, 6.45) is 2.91. The van der Waals surface area contributed by atoms with Gasteiger partial charge in [-0.2, -0.15) is 0 Å². The van der Waals surface area contributed by atoms with Crippen LogP contribution in [0.25, 0.3) is 0 Å². The van der Waals surface area contributed by atoms with Crippen LogP contribution in [0.5, 0.6) is 0 Å². The van der Waals surface area contributed by atoms with Gasteiger partial charge in [0.15, 0.2) is 0 Å². The van der Waals surface area contributed by atoms with Crippen molar-refractivity contribution in [3.63, 3.8) is 0 Å². The average Bonchev–Trinajstić information content (AvgIpc) is 2.48. The van der Waals surface area contributed by atoms with Crippen LogP contribution in [0.2, 0.25) is 0 Å². The minimum absolute atomic E-state index is 0.0674. The zero-order valence-corrected chi connectivity index (χ0v) is 16.4. The first-order chi connectivity index (χ1) is 10.6. The van der Waals surface area contributed by atoms with Crippen molar-refractivity contribution in [1.29, 1.82) is 0 Å². The Hall–Kier alpha value is -1.22. The van der Waals surface area contributed by atoms with Crippen LogP contribution in [0.3, 0.4) is 0 Å². The lowest BCUT2D eigenvalue weighted by atomic mass is 9.66. The van der Waals surface area contributed by atoms with Crippen LogP contribution >= 0.6 is 0 Å². The van der Waals surface area contributed by atoms with E-state index < -0.39 is 0 Å². The Kier molecular flexibility index (Phi) is 5.00. The van der Waals surface area contributed by atoms with Crippen molar-refractivity contribution in [2.75, 3.05) is 0 Å². The molecule has 2 nitrogen and oxygen atoms in total. The zero-order valence-electron chi connectivity index (χ0n) is 15.5. The fourth-order valence-corrected chi connectivity index (χ4v) is 4.43. The van der Waals surface area contributed by atoms with Crippen LogP contribution in [0.1, 0.15) is 74.5 Å². The van der Waals surface area contributed by atoms with E-state index in [0.29, 0.717) is 0 Å². The molecule has 0 heterocycles. The van der Waals surface area contributed by atoms with E-state index in [9.17, 15) is 4.79 Å². The van der Waals surface area contributed by atoms with Gasteiger partial charge in [-0.05, 0) is 81.7 Å². The predicted octanol–water partition coefficient (Wildman–Crippen LogP) is 5.09. The maximum atomic E-state index is 13.3. The highest BCUT2D eigenvalue weighted by molar-refractivity contribution is 7.71. The Bertz CT molecular complexity index is 699. The largest absolute Gasteiger partial charge is 0.288 e. The first kappa shape index (κ1) is 18.1. The van der Waals surface area contributed by atoms with Crippen molar-refractivity contribution >= 4 is 21.8 Å². The second kappa shape index (κ2) is 6.35. The molecule has 0 atom stereocenters. The van der Waals surface area contributed by atoms with Crippen LogP contribution in [-0.4, -0.2) is 16.2 Å². The molecule has 1 aliphatic carbocycles. The molecule has 0 bridgehead atoms. The summed E-state index contributed by atoms with van der Waals surface area (Å²) in [5.74, 6) is 0.203. The van der Waals surface area contributed by atoms with Gasteiger partial charge in [-0.1, -0.05) is 26.0 Å². The molecule has 2 rings (SSSR count). The number of aryl methyl sites for hydroxylation is 2. The normalized spacial score (nSPS) is 17.0. The van der Waals surface area contributed by atoms with Gasteiger partial charge in [-0.3, -0.25) is 4.79 Å². The minimum Gasteiger partial charge on any atom is -0.288 e. The smallest absolute Gasteiger partial charge is 0.201 e. The fraction of sp³-hybridized carbons (Fsp3) is 0.600. The number of ketones is 1. The molecule has 0 spiro atoms. The van der Waals surface area contributed by atoms with Gasteiger partial charge in [0, 0.05) is 11.0 Å². The Morgan fingerprint density at radius 3 is 2.22 bits per heavy atom. The lowest BCUT2D eigenvalue weighted by Gasteiger charge is -2.38. The van der Waals surface area contributed by atoms with Crippen molar-refractivity contribution in [3.05, 3.63) is 34.4 Å². The topological polar surface area (TPSA) is 29.4 Å². The van der Waals surface area contributed by atoms with Gasteiger partial charge in [-0.15, -0.1) is 0 Å². The molecule has 0 saturated carbocycles. The van der Waals surface area contributed by atoms with E-state index >= 15 is 0 Å². The third kappa shape index (κ3) is 3.35. The Morgan fingerprint density at radius 2 is 1.70 bits per heavy atom. The molecular weight excluding hydrogens is 302 g/mol. The molecule has 0 aromatic heterocycles. The number of hydrogen-bond donors (Lipinski definition) is 0. The SMILES string of the molecule is CCC1(CC)Cc2c(C)ccc(C)c2C(=O)C1=S=NC(C)(C)C. The number of carbonyl (C=O) groups excluding carboxylic acids is 1. The van der Waals surface area contributed by atoms with Crippen LogP contribution < -0.4 is 0 Å². The predicted molar refractivity (Wildman–Crippen MR) is 102 cm³/mol. The maximum absolute atomic E-state index is 13.3. The number of benzene rings is 1. The Labute approximate surface area is 144 Å². The molecule has 0 fully saturated rings. The molecule has 1 aromatic rings. The fourth-order valence-electron chi connectivity index (χ4n) is 3.33. The summed E-state index contributed by atoms with van der Waals surface area (Å²) in [6, 6.07) is 4.22. The number of Topliss-reactive ketones (excluding diaryl/α,β-unsaturated/α-hetero) is 1. The summed E-state index contributed by atoms with van der Waals surface area (Å²) in [5, 5.41) is 0. The first-order valence-corrected chi connectivity index (χ1v) is 9.33. The first-order valence-electron chi connectivity index (χ1n) is 8.55. The van der Waals surface area contributed by atoms with Gasteiger partial charge < -0.3 is 0 Å². The van der Waals surface area contributed by atoms with Crippen LogP contribution in [0, 0.1) is 19.3 Å². The number of rotatable bonds is 2. The maximum Gasteiger partial charge on any atom is 0.201 e. The van der Waals surface area contributed by atoms with Gasteiger partial charge in [-0.25, -0.2) is 4.36 Å². The van der Waals surface area contributed by atoms with E-state index in [1.165, 1.54) is 22.3 Å². The molecular formula is C20H29NOS. The van der Waals surface area contributed by atoms with Crippen molar-refractivity contribution < 1.29 is 4.79 Å². The Balaban J connectivity index is 2.77. The third-order valence-electron chi connectivity index (χ3n) is 4.95. The monoisotopic (exact) mass is 331 g/mol. The second-order valence-corrected chi connectivity index (χ2v) is 8.50. The van der Waals surface area contributed by atoms with Gasteiger partial charge >= 0.3 is 0 Å². The number of carbonyl (C=O) groups is 1. The summed E-state index contributed by atoms with van der Waals surface area (Å²) < 4.78 is 4.71. The molecule has 23 heavy (non-hydrogen) atoms. The van der Waals surface area contributed by atoms with E-state index in [-0.39, 0.29) is 16.7 Å². The van der Waals surface area contributed by atoms with Crippen molar-refractivity contribution in [2.24, 2.45) is 9.78 Å². The molecule has 0 amide bonds. The van der Waals surface area contributed by atoms with E-state index in [4.69, 9.17) is 4.36 Å². The molecule has 1 aliphatic rings. The summed E-state index contributed by atoms with van der Waals surface area (Å²) in [6.45, 7) is 14.8. The Morgan fingerprint density at radius 1 is 1.13 bits per heavy atom. The van der Waals surface area contributed by atoms with Crippen molar-refractivity contribution in [3.8, 4) is 0 Å². The molecule has 0 unspecified atom stereocenters. The summed E-state index contributed by atoms with van der Waals surface area (Å²) in [5.41, 5.74) is 4.29. The molecule has 126 valence electrons. The minimum atomic E-state index is -0.146. The highest BCUT2D eigenvalue weighted by Gasteiger charge is 2.42. The number of hydrogen-bond acceptors (Lipinski definition) is 2. The van der Waals surface area contributed by atoms with Crippen LogP contribution in [-0.2, 0) is 17.6 Å². The zero-order chi connectivity index (χ0) is 17.4. The molecule has 0 aliphatic heterocycles.